The number of aliphatic hydroxyl groups excluding tert-OH is 1. The van der Waals surface area contributed by atoms with E-state index >= 15 is 0 Å². The Bertz CT molecular complexity index is 1790. The second-order valence-corrected chi connectivity index (χ2v) is 30.1. The number of unbranched alkanes of at least 4 members (excludes halogenated alkanes) is 46. The summed E-state index contributed by atoms with van der Waals surface area (Å²) in [6.07, 6.45) is 55.8. The summed E-state index contributed by atoms with van der Waals surface area (Å²) < 4.78 is 68.3. The minimum Gasteiger partial charge on any atom is -0.462 e. The van der Waals surface area contributed by atoms with Crippen LogP contribution < -0.4 is 0 Å². The molecule has 0 saturated heterocycles. The lowest BCUT2D eigenvalue weighted by Crippen LogP contribution is -2.30. The largest absolute Gasteiger partial charge is 0.472 e. The number of phosphoric ester groups is 2. The predicted molar refractivity (Wildman–Crippen MR) is 377 cm³/mol. The molecule has 0 aliphatic carbocycles. The quantitative estimate of drug-likeness (QED) is 0.0222. The Kier molecular flexibility index (Phi) is 65.9. The van der Waals surface area contributed by atoms with Crippen LogP contribution >= 0.6 is 15.6 Å². The zero-order valence-corrected chi connectivity index (χ0v) is 62.2. The number of hydrogen-bond donors (Lipinski definition) is 3. The lowest BCUT2D eigenvalue weighted by molar-refractivity contribution is -0.161. The minimum atomic E-state index is -4.95. The van der Waals surface area contributed by atoms with Gasteiger partial charge in [0, 0.05) is 25.7 Å². The van der Waals surface area contributed by atoms with E-state index in [4.69, 9.17) is 37.0 Å². The maximum Gasteiger partial charge on any atom is 0.472 e. The van der Waals surface area contributed by atoms with Crippen LogP contribution in [0.1, 0.15) is 388 Å². The van der Waals surface area contributed by atoms with E-state index in [1.54, 1.807) is 0 Å². The molecule has 0 radical (unpaired) electrons. The maximum absolute atomic E-state index is 13.1. The number of esters is 4. The molecule has 0 bridgehead atoms. The first-order valence-corrected chi connectivity index (χ1v) is 41.6. The zero-order chi connectivity index (χ0) is 68.4. The molecule has 19 heteroatoms. The van der Waals surface area contributed by atoms with Gasteiger partial charge in [-0.3, -0.25) is 37.3 Å². The molecule has 0 aliphatic heterocycles. The van der Waals surface area contributed by atoms with Crippen molar-refractivity contribution in [3.8, 4) is 0 Å². The van der Waals surface area contributed by atoms with Crippen LogP contribution in [-0.4, -0.2) is 96.7 Å². The normalized spacial score (nSPS) is 14.0. The molecule has 0 spiro atoms. The second kappa shape index (κ2) is 67.3. The third kappa shape index (κ3) is 68.4. The highest BCUT2D eigenvalue weighted by atomic mass is 31.2. The first kappa shape index (κ1) is 91.1. The van der Waals surface area contributed by atoms with Crippen molar-refractivity contribution in [1.82, 2.24) is 0 Å². The van der Waals surface area contributed by atoms with E-state index in [9.17, 15) is 43.2 Å². The highest BCUT2D eigenvalue weighted by molar-refractivity contribution is 7.47. The van der Waals surface area contributed by atoms with Gasteiger partial charge in [0.25, 0.3) is 0 Å². The van der Waals surface area contributed by atoms with E-state index < -0.39 is 97.5 Å². The van der Waals surface area contributed by atoms with Crippen molar-refractivity contribution in [3.05, 3.63) is 0 Å². The zero-order valence-electron chi connectivity index (χ0n) is 60.4. The van der Waals surface area contributed by atoms with Crippen LogP contribution in [0.4, 0.5) is 0 Å². The third-order valence-corrected chi connectivity index (χ3v) is 19.2. The smallest absolute Gasteiger partial charge is 0.462 e. The number of phosphoric acid groups is 2. The molecule has 552 valence electrons. The molecular formula is C74H144O17P2. The van der Waals surface area contributed by atoms with Gasteiger partial charge in [-0.1, -0.05) is 336 Å². The van der Waals surface area contributed by atoms with E-state index in [1.165, 1.54) is 205 Å². The summed E-state index contributed by atoms with van der Waals surface area (Å²) in [5.74, 6) is -1.33. The lowest BCUT2D eigenvalue weighted by Gasteiger charge is -2.21. The molecule has 0 aromatic carbocycles. The molecule has 93 heavy (non-hydrogen) atoms. The van der Waals surface area contributed by atoms with Gasteiger partial charge in [0.2, 0.25) is 0 Å². The number of ether oxygens (including phenoxy) is 4. The predicted octanol–water partition coefficient (Wildman–Crippen LogP) is 21.7. The molecular weight excluding hydrogens is 1220 g/mol. The standard InChI is InChI=1S/C74H144O17P2/c1-6-9-12-15-17-19-21-23-25-26-27-32-35-39-43-48-53-58-72(77)85-64-70(91-74(79)60-55-50-45-41-37-33-29-28-30-34-38-42-47-51-56-67(4)5)66-89-93(82,83)87-62-68(75)61-86-92(80,81)88-65-69(63-84-71(76)57-52-46-14-11-8-3)90-73(78)59-54-49-44-40-36-31-24-22-20-18-16-13-10-7-2/h67-70,75H,6-66H2,1-5H3,(H,80,81)(H,82,83)/t68-,69+,70+/m0/s1. The van der Waals surface area contributed by atoms with Gasteiger partial charge in [0.1, 0.15) is 19.3 Å². The fourth-order valence-electron chi connectivity index (χ4n) is 11.4. The van der Waals surface area contributed by atoms with Gasteiger partial charge in [0.15, 0.2) is 12.2 Å². The van der Waals surface area contributed by atoms with Crippen molar-refractivity contribution in [3.63, 3.8) is 0 Å². The van der Waals surface area contributed by atoms with E-state index in [0.29, 0.717) is 25.7 Å². The van der Waals surface area contributed by atoms with Gasteiger partial charge >= 0.3 is 39.5 Å². The first-order valence-electron chi connectivity index (χ1n) is 38.6. The Morgan fingerprint density at radius 3 is 0.731 bits per heavy atom. The van der Waals surface area contributed by atoms with Crippen molar-refractivity contribution in [2.45, 2.75) is 406 Å². The number of rotatable bonds is 74. The fraction of sp³-hybridized carbons (Fsp3) is 0.946. The summed E-state index contributed by atoms with van der Waals surface area (Å²) in [7, 11) is -9.90. The van der Waals surface area contributed by atoms with E-state index in [2.05, 4.69) is 34.6 Å². The summed E-state index contributed by atoms with van der Waals surface area (Å²) in [6.45, 7) is 7.22. The second-order valence-electron chi connectivity index (χ2n) is 27.2. The molecule has 0 aliphatic rings. The molecule has 5 atom stereocenters. The first-order chi connectivity index (χ1) is 45.0. The highest BCUT2D eigenvalue weighted by Crippen LogP contribution is 2.45. The van der Waals surface area contributed by atoms with Crippen molar-refractivity contribution >= 4 is 39.5 Å². The maximum atomic E-state index is 13.1. The molecule has 0 aromatic heterocycles. The molecule has 0 rings (SSSR count). The molecule has 0 aromatic rings. The van der Waals surface area contributed by atoms with Crippen LogP contribution in [0.3, 0.4) is 0 Å². The van der Waals surface area contributed by atoms with E-state index in [1.807, 2.05) is 0 Å². The molecule has 0 heterocycles. The van der Waals surface area contributed by atoms with Crippen LogP contribution in [0.25, 0.3) is 0 Å². The Balaban J connectivity index is 5.14. The highest BCUT2D eigenvalue weighted by Gasteiger charge is 2.30. The Hall–Kier alpha value is -1.94. The molecule has 0 amide bonds. The minimum absolute atomic E-state index is 0.107. The van der Waals surface area contributed by atoms with Crippen LogP contribution in [0.2, 0.25) is 0 Å². The van der Waals surface area contributed by atoms with E-state index in [-0.39, 0.29) is 25.7 Å². The van der Waals surface area contributed by atoms with Crippen LogP contribution in [0.15, 0.2) is 0 Å². The monoisotopic (exact) mass is 1370 g/mol. The summed E-state index contributed by atoms with van der Waals surface area (Å²) >= 11 is 0. The van der Waals surface area contributed by atoms with E-state index in [0.717, 1.165) is 102 Å². The molecule has 17 nitrogen and oxygen atoms in total. The topological polar surface area (TPSA) is 237 Å². The van der Waals surface area contributed by atoms with Gasteiger partial charge in [-0.25, -0.2) is 9.13 Å². The number of carbonyl (C=O) groups excluding carboxylic acids is 4. The number of aliphatic hydroxyl groups is 1. The fourth-order valence-corrected chi connectivity index (χ4v) is 12.9. The molecule has 3 N–H and O–H groups in total. The summed E-state index contributed by atoms with van der Waals surface area (Å²) in [6, 6.07) is 0. The summed E-state index contributed by atoms with van der Waals surface area (Å²) in [4.78, 5) is 72.5. The van der Waals surface area contributed by atoms with Crippen molar-refractivity contribution in [2.24, 2.45) is 5.92 Å². The van der Waals surface area contributed by atoms with Gasteiger partial charge in [-0.15, -0.1) is 0 Å². The average Bonchev–Trinajstić information content (AvgIpc) is 1.86. The average molecular weight is 1370 g/mol. The number of carbonyl (C=O) groups is 4. The SMILES string of the molecule is CCCCCCCCCCCCCCCCCCCC(=O)OC[C@H](COP(=O)(O)OC[C@@H](O)COP(=O)(O)OC[C@@H](COC(=O)CCCCCCC)OC(=O)CCCCCCCCCCCCCCCC)OC(=O)CCCCCCCCCCCCCCCCC(C)C. The summed E-state index contributed by atoms with van der Waals surface area (Å²) in [5, 5.41) is 10.6. The van der Waals surface area contributed by atoms with Crippen molar-refractivity contribution < 1.29 is 80.2 Å². The van der Waals surface area contributed by atoms with Gasteiger partial charge < -0.3 is 33.8 Å². The molecule has 2 unspecified atom stereocenters. The molecule has 0 saturated carbocycles. The Labute approximate surface area is 568 Å². The van der Waals surface area contributed by atoms with Gasteiger partial charge in [0.05, 0.1) is 26.4 Å². The van der Waals surface area contributed by atoms with Crippen LogP contribution in [0, 0.1) is 5.92 Å². The third-order valence-electron chi connectivity index (χ3n) is 17.3. The van der Waals surface area contributed by atoms with Crippen molar-refractivity contribution in [1.29, 1.82) is 0 Å². The van der Waals surface area contributed by atoms with Crippen LogP contribution in [0.5, 0.6) is 0 Å². The van der Waals surface area contributed by atoms with Crippen LogP contribution in [-0.2, 0) is 65.4 Å². The Morgan fingerprint density at radius 2 is 0.495 bits per heavy atom. The Morgan fingerprint density at radius 1 is 0.290 bits per heavy atom. The van der Waals surface area contributed by atoms with Gasteiger partial charge in [-0.05, 0) is 31.6 Å². The lowest BCUT2D eigenvalue weighted by atomic mass is 10.0. The van der Waals surface area contributed by atoms with Crippen molar-refractivity contribution in [2.75, 3.05) is 39.6 Å². The number of hydrogen-bond acceptors (Lipinski definition) is 15. The van der Waals surface area contributed by atoms with Gasteiger partial charge in [-0.2, -0.15) is 0 Å². The summed E-state index contributed by atoms with van der Waals surface area (Å²) in [5.41, 5.74) is 0. The molecule has 0 fully saturated rings.